The van der Waals surface area contributed by atoms with Gasteiger partial charge in [-0.15, -0.1) is 10.2 Å². The summed E-state index contributed by atoms with van der Waals surface area (Å²) >= 11 is 1.41. The van der Waals surface area contributed by atoms with Gasteiger partial charge in [-0.3, -0.25) is 9.59 Å². The lowest BCUT2D eigenvalue weighted by atomic mass is 10.1. The molecule has 6 nitrogen and oxygen atoms in total. The number of carbonyl (C=O) groups excluding carboxylic acids is 2. The number of nitrogens with one attached hydrogen (secondary N) is 1. The van der Waals surface area contributed by atoms with E-state index in [1.807, 2.05) is 32.0 Å². The molecule has 1 saturated heterocycles. The molecule has 7 heteroatoms. The standard InChI is InChI=1S/C19H24N4O2S/c1-4-5-9-16-21-22-19(26-16)20-18(25)14-10-17(24)23(11-14)15-8-6-7-12(2)13(15)3/h6-8,14H,4-5,9-11H2,1-3H3,(H,20,22,25). The lowest BCUT2D eigenvalue weighted by Crippen LogP contribution is -2.28. The first-order valence-corrected chi connectivity index (χ1v) is 9.81. The molecule has 26 heavy (non-hydrogen) atoms. The van der Waals surface area contributed by atoms with Gasteiger partial charge in [-0.2, -0.15) is 0 Å². The van der Waals surface area contributed by atoms with Crippen molar-refractivity contribution in [2.75, 3.05) is 16.8 Å². The summed E-state index contributed by atoms with van der Waals surface area (Å²) in [4.78, 5) is 26.7. The van der Waals surface area contributed by atoms with Gasteiger partial charge in [0.05, 0.1) is 5.92 Å². The highest BCUT2D eigenvalue weighted by Crippen LogP contribution is 2.30. The molecular weight excluding hydrogens is 348 g/mol. The number of hydrogen-bond donors (Lipinski definition) is 1. The van der Waals surface area contributed by atoms with Gasteiger partial charge in [0.15, 0.2) is 0 Å². The number of aromatic nitrogens is 2. The third-order valence-electron chi connectivity index (χ3n) is 4.80. The number of hydrogen-bond acceptors (Lipinski definition) is 5. The fourth-order valence-corrected chi connectivity index (χ4v) is 3.87. The van der Waals surface area contributed by atoms with Gasteiger partial charge in [0.1, 0.15) is 5.01 Å². The number of rotatable bonds is 6. The Hall–Kier alpha value is -2.28. The van der Waals surface area contributed by atoms with E-state index < -0.39 is 0 Å². The molecule has 3 rings (SSSR count). The average molecular weight is 372 g/mol. The zero-order valence-corrected chi connectivity index (χ0v) is 16.2. The third-order valence-corrected chi connectivity index (χ3v) is 5.70. The minimum absolute atomic E-state index is 0.0141. The second-order valence-corrected chi connectivity index (χ2v) is 7.78. The van der Waals surface area contributed by atoms with Crippen LogP contribution < -0.4 is 10.2 Å². The maximum Gasteiger partial charge on any atom is 0.231 e. The summed E-state index contributed by atoms with van der Waals surface area (Å²) in [6.45, 7) is 6.55. The van der Waals surface area contributed by atoms with E-state index in [-0.39, 0.29) is 24.2 Å². The first-order valence-electron chi connectivity index (χ1n) is 8.99. The SMILES string of the molecule is CCCCc1nnc(NC(=O)C2CC(=O)N(c3cccc(C)c3C)C2)s1. The Labute approximate surface area is 157 Å². The highest BCUT2D eigenvalue weighted by atomic mass is 32.1. The summed E-state index contributed by atoms with van der Waals surface area (Å²) in [5.74, 6) is -0.547. The first kappa shape index (κ1) is 18.5. The van der Waals surface area contributed by atoms with Gasteiger partial charge in [-0.25, -0.2) is 0 Å². The maximum atomic E-state index is 12.6. The Balaban J connectivity index is 1.65. The number of nitrogens with zero attached hydrogens (tertiary/aromatic N) is 3. The summed E-state index contributed by atoms with van der Waals surface area (Å²) in [5.41, 5.74) is 3.10. The summed E-state index contributed by atoms with van der Waals surface area (Å²) in [6.07, 6.45) is 3.26. The quantitative estimate of drug-likeness (QED) is 0.842. The van der Waals surface area contributed by atoms with Crippen molar-refractivity contribution in [1.29, 1.82) is 0 Å². The Kier molecular flexibility index (Phi) is 5.66. The molecule has 1 aromatic carbocycles. The van der Waals surface area contributed by atoms with Crippen molar-refractivity contribution >= 4 is 34.0 Å². The van der Waals surface area contributed by atoms with Crippen LogP contribution in [0.1, 0.15) is 42.3 Å². The lowest BCUT2D eigenvalue weighted by Gasteiger charge is -2.20. The first-order chi connectivity index (χ1) is 12.5. The third kappa shape index (κ3) is 3.93. The fourth-order valence-electron chi connectivity index (χ4n) is 3.08. The van der Waals surface area contributed by atoms with E-state index in [0.717, 1.165) is 41.1 Å². The van der Waals surface area contributed by atoms with Gasteiger partial charge in [0, 0.05) is 25.1 Å². The minimum atomic E-state index is -0.370. The van der Waals surface area contributed by atoms with E-state index in [9.17, 15) is 9.59 Å². The van der Waals surface area contributed by atoms with Crippen molar-refractivity contribution < 1.29 is 9.59 Å². The number of carbonyl (C=O) groups is 2. The van der Waals surface area contributed by atoms with Crippen LogP contribution in [-0.2, 0) is 16.0 Å². The summed E-state index contributed by atoms with van der Waals surface area (Å²) in [6, 6.07) is 5.90. The van der Waals surface area contributed by atoms with E-state index in [4.69, 9.17) is 0 Å². The Morgan fingerprint density at radius 2 is 2.15 bits per heavy atom. The van der Waals surface area contributed by atoms with Gasteiger partial charge < -0.3 is 10.2 Å². The molecule has 1 aromatic heterocycles. The molecule has 2 aromatic rings. The molecule has 1 aliphatic heterocycles. The zero-order valence-electron chi connectivity index (χ0n) is 15.4. The van der Waals surface area contributed by atoms with Gasteiger partial charge in [0.2, 0.25) is 16.9 Å². The molecule has 1 atom stereocenters. The van der Waals surface area contributed by atoms with Crippen LogP contribution in [-0.4, -0.2) is 28.6 Å². The predicted octanol–water partition coefficient (Wildman–Crippen LogP) is 3.49. The Bertz CT molecular complexity index is 818. The van der Waals surface area contributed by atoms with Crippen LogP contribution in [0.5, 0.6) is 0 Å². The highest BCUT2D eigenvalue weighted by molar-refractivity contribution is 7.15. The van der Waals surface area contributed by atoms with Crippen molar-refractivity contribution in [1.82, 2.24) is 10.2 Å². The van der Waals surface area contributed by atoms with E-state index in [1.165, 1.54) is 11.3 Å². The molecule has 0 radical (unpaired) electrons. The van der Waals surface area contributed by atoms with Crippen molar-refractivity contribution in [3.8, 4) is 0 Å². The molecule has 0 saturated carbocycles. The van der Waals surface area contributed by atoms with Crippen LogP contribution in [0.4, 0.5) is 10.8 Å². The van der Waals surface area contributed by atoms with Crippen molar-refractivity contribution in [3.05, 3.63) is 34.3 Å². The number of aryl methyl sites for hydroxylation is 2. The van der Waals surface area contributed by atoms with Gasteiger partial charge in [-0.1, -0.05) is 36.8 Å². The van der Waals surface area contributed by atoms with Gasteiger partial charge in [-0.05, 0) is 37.5 Å². The molecule has 1 aliphatic rings. The molecule has 138 valence electrons. The van der Waals surface area contributed by atoms with Gasteiger partial charge in [0.25, 0.3) is 0 Å². The van der Waals surface area contributed by atoms with Gasteiger partial charge >= 0.3 is 0 Å². The molecule has 2 amide bonds. The second kappa shape index (κ2) is 7.95. The van der Waals surface area contributed by atoms with Crippen LogP contribution in [0.15, 0.2) is 18.2 Å². The molecule has 1 unspecified atom stereocenters. The molecule has 2 heterocycles. The smallest absolute Gasteiger partial charge is 0.231 e. The number of benzene rings is 1. The topological polar surface area (TPSA) is 75.2 Å². The van der Waals surface area contributed by atoms with Crippen LogP contribution in [0.3, 0.4) is 0 Å². The lowest BCUT2D eigenvalue weighted by molar-refractivity contribution is -0.122. The van der Waals surface area contributed by atoms with E-state index >= 15 is 0 Å². The zero-order chi connectivity index (χ0) is 18.7. The maximum absolute atomic E-state index is 12.6. The number of unbranched alkanes of at least 4 members (excludes halogenated alkanes) is 1. The van der Waals surface area contributed by atoms with Crippen molar-refractivity contribution in [2.24, 2.45) is 5.92 Å². The Morgan fingerprint density at radius 1 is 1.35 bits per heavy atom. The molecule has 0 spiro atoms. The van der Waals surface area contributed by atoms with Crippen LogP contribution in [0.25, 0.3) is 0 Å². The van der Waals surface area contributed by atoms with Crippen molar-refractivity contribution in [2.45, 2.75) is 46.5 Å². The number of amides is 2. The molecule has 1 N–H and O–H groups in total. The predicted molar refractivity (Wildman–Crippen MR) is 104 cm³/mol. The van der Waals surface area contributed by atoms with E-state index in [2.05, 4.69) is 22.4 Å². The van der Waals surface area contributed by atoms with Crippen LogP contribution in [0, 0.1) is 19.8 Å². The van der Waals surface area contributed by atoms with Crippen LogP contribution >= 0.6 is 11.3 Å². The molecule has 0 bridgehead atoms. The van der Waals surface area contributed by atoms with E-state index in [0.29, 0.717) is 11.7 Å². The highest BCUT2D eigenvalue weighted by Gasteiger charge is 2.36. The summed E-state index contributed by atoms with van der Waals surface area (Å²) in [7, 11) is 0. The Morgan fingerprint density at radius 3 is 2.92 bits per heavy atom. The summed E-state index contributed by atoms with van der Waals surface area (Å²) < 4.78 is 0. The molecule has 1 fully saturated rings. The summed E-state index contributed by atoms with van der Waals surface area (Å²) in [5, 5.41) is 12.4. The fraction of sp³-hybridized carbons (Fsp3) is 0.474. The van der Waals surface area contributed by atoms with Crippen molar-refractivity contribution in [3.63, 3.8) is 0 Å². The minimum Gasteiger partial charge on any atom is -0.311 e. The molecular formula is C19H24N4O2S. The molecule has 0 aliphatic carbocycles. The second-order valence-electron chi connectivity index (χ2n) is 6.72. The monoisotopic (exact) mass is 372 g/mol. The van der Waals surface area contributed by atoms with Crippen LogP contribution in [0.2, 0.25) is 0 Å². The number of anilines is 2. The normalized spacial score (nSPS) is 17.0. The van der Waals surface area contributed by atoms with E-state index in [1.54, 1.807) is 4.90 Å². The largest absolute Gasteiger partial charge is 0.311 e. The average Bonchev–Trinajstić information content (AvgIpc) is 3.22.